The summed E-state index contributed by atoms with van der Waals surface area (Å²) in [6.07, 6.45) is -1.35. The van der Waals surface area contributed by atoms with Gasteiger partial charge in [0.2, 0.25) is 11.8 Å². The lowest BCUT2D eigenvalue weighted by atomic mass is 9.89. The molecule has 2 aliphatic rings. The molecule has 0 saturated carbocycles. The van der Waals surface area contributed by atoms with E-state index >= 15 is 0 Å². The van der Waals surface area contributed by atoms with Crippen molar-refractivity contribution in [1.29, 1.82) is 0 Å². The zero-order valence-corrected chi connectivity index (χ0v) is 22.7. The van der Waals surface area contributed by atoms with Crippen LogP contribution in [0, 0.1) is 11.8 Å². The van der Waals surface area contributed by atoms with Gasteiger partial charge in [-0.2, -0.15) is 0 Å². The molecule has 3 amide bonds. The van der Waals surface area contributed by atoms with Crippen molar-refractivity contribution >= 4 is 23.9 Å². The normalized spacial score (nSPS) is 21.8. The summed E-state index contributed by atoms with van der Waals surface area (Å²) in [6, 6.07) is 17.9. The fourth-order valence-corrected chi connectivity index (χ4v) is 5.33. The first-order chi connectivity index (χ1) is 18.8. The summed E-state index contributed by atoms with van der Waals surface area (Å²) >= 11 is 0. The van der Waals surface area contributed by atoms with Gasteiger partial charge in [0.1, 0.15) is 12.7 Å². The summed E-state index contributed by atoms with van der Waals surface area (Å²) in [7, 11) is 0. The highest BCUT2D eigenvalue weighted by molar-refractivity contribution is 5.96. The van der Waals surface area contributed by atoms with Crippen LogP contribution in [0.1, 0.15) is 44.7 Å². The first kappa shape index (κ1) is 28.3. The molecule has 0 aliphatic carbocycles. The van der Waals surface area contributed by atoms with Crippen LogP contribution in [0.25, 0.3) is 0 Å². The van der Waals surface area contributed by atoms with E-state index in [1.54, 1.807) is 4.90 Å². The van der Waals surface area contributed by atoms with E-state index < -0.39 is 42.1 Å². The quantitative estimate of drug-likeness (QED) is 0.317. The molecule has 0 radical (unpaired) electrons. The summed E-state index contributed by atoms with van der Waals surface area (Å²) in [6.45, 7) is 6.05. The van der Waals surface area contributed by atoms with Crippen molar-refractivity contribution in [3.63, 3.8) is 0 Å². The van der Waals surface area contributed by atoms with Crippen LogP contribution in [0.4, 0.5) is 4.79 Å². The number of esters is 1. The highest BCUT2D eigenvalue weighted by atomic mass is 16.6. The first-order valence-electron chi connectivity index (χ1n) is 13.4. The molecule has 0 unspecified atom stereocenters. The second-order valence-corrected chi connectivity index (χ2v) is 10.4. The van der Waals surface area contributed by atoms with Gasteiger partial charge >= 0.3 is 12.1 Å². The molecule has 0 bridgehead atoms. The number of hydrogen-bond acceptors (Lipinski definition) is 7. The van der Waals surface area contributed by atoms with Gasteiger partial charge in [-0.1, -0.05) is 74.5 Å². The maximum atomic E-state index is 14.1. The molecule has 2 heterocycles. The summed E-state index contributed by atoms with van der Waals surface area (Å²) in [5.41, 5.74) is 1.87. The van der Waals surface area contributed by atoms with Crippen molar-refractivity contribution < 1.29 is 33.4 Å². The lowest BCUT2D eigenvalue weighted by Gasteiger charge is -2.36. The molecular formula is C30H36N2O7. The molecule has 0 aromatic heterocycles. The second kappa shape index (κ2) is 12.9. The molecule has 9 heteroatoms. The van der Waals surface area contributed by atoms with Crippen LogP contribution in [0.5, 0.6) is 0 Å². The smallest absolute Gasteiger partial charge is 0.416 e. The molecule has 2 saturated heterocycles. The van der Waals surface area contributed by atoms with Gasteiger partial charge in [0, 0.05) is 20.1 Å². The summed E-state index contributed by atoms with van der Waals surface area (Å²) in [4.78, 5) is 55.0. The van der Waals surface area contributed by atoms with Crippen molar-refractivity contribution in [3.8, 4) is 0 Å². The summed E-state index contributed by atoms with van der Waals surface area (Å²) in [5, 5.41) is 0. The van der Waals surface area contributed by atoms with Crippen molar-refractivity contribution in [2.75, 3.05) is 13.2 Å². The molecule has 9 nitrogen and oxygen atoms in total. The molecule has 2 aromatic carbocycles. The third-order valence-corrected chi connectivity index (χ3v) is 7.28. The van der Waals surface area contributed by atoms with E-state index in [-0.39, 0.29) is 44.4 Å². The number of nitrogens with zero attached hydrogens (tertiary/aromatic N) is 2. The van der Waals surface area contributed by atoms with E-state index in [2.05, 4.69) is 0 Å². The molecule has 4 atom stereocenters. The largest absolute Gasteiger partial charge is 0.460 e. The van der Waals surface area contributed by atoms with E-state index in [0.717, 1.165) is 11.1 Å². The molecule has 2 aliphatic heterocycles. The Hall–Kier alpha value is -3.72. The molecule has 208 valence electrons. The average Bonchev–Trinajstić information content (AvgIpc) is 3.44. The Morgan fingerprint density at radius 1 is 1.00 bits per heavy atom. The molecular weight excluding hydrogens is 500 g/mol. The lowest BCUT2D eigenvalue weighted by molar-refractivity contribution is -0.152. The predicted molar refractivity (Wildman–Crippen MR) is 142 cm³/mol. The van der Waals surface area contributed by atoms with E-state index in [1.165, 1.54) is 11.8 Å². The third kappa shape index (κ3) is 6.84. The number of benzene rings is 2. The molecule has 2 aromatic rings. The van der Waals surface area contributed by atoms with Gasteiger partial charge in [0.05, 0.1) is 31.0 Å². The van der Waals surface area contributed by atoms with Crippen LogP contribution in [-0.4, -0.2) is 65.1 Å². The number of ether oxygens (including phenoxy) is 3. The fraction of sp³-hybridized carbons (Fsp3) is 0.467. The lowest BCUT2D eigenvalue weighted by Crippen LogP contribution is -2.53. The van der Waals surface area contributed by atoms with Crippen LogP contribution in [0.3, 0.4) is 0 Å². The maximum absolute atomic E-state index is 14.1. The van der Waals surface area contributed by atoms with Crippen LogP contribution in [0.2, 0.25) is 0 Å². The Balaban J connectivity index is 1.64. The number of amides is 3. The standard InChI is InChI=1S/C30H36N2O7/c1-20(2)25-19-38-30(36)32(25)29(35)24(14-15-37-18-23-12-8-5-9-13-23)28-26(39-21(3)33)16-27(34)31(28)17-22-10-6-4-7-11-22/h4-13,20,24-26,28H,14-19H2,1-3H3/t24-,25+,26-,28+/m0/s1. The van der Waals surface area contributed by atoms with Gasteiger partial charge in [-0.3, -0.25) is 14.4 Å². The topological polar surface area (TPSA) is 102 Å². The van der Waals surface area contributed by atoms with Crippen LogP contribution >= 0.6 is 0 Å². The van der Waals surface area contributed by atoms with Crippen molar-refractivity contribution in [3.05, 3.63) is 71.8 Å². The minimum absolute atomic E-state index is 0.0229. The minimum atomic E-state index is -0.854. The van der Waals surface area contributed by atoms with Gasteiger partial charge in [-0.15, -0.1) is 0 Å². The van der Waals surface area contributed by atoms with E-state index in [1.807, 2.05) is 74.5 Å². The second-order valence-electron chi connectivity index (χ2n) is 10.4. The van der Waals surface area contributed by atoms with Crippen LogP contribution in [-0.2, 0) is 41.7 Å². The predicted octanol–water partition coefficient (Wildman–Crippen LogP) is 3.95. The van der Waals surface area contributed by atoms with Gasteiger partial charge in [-0.05, 0) is 23.5 Å². The van der Waals surface area contributed by atoms with E-state index in [9.17, 15) is 19.2 Å². The Morgan fingerprint density at radius 3 is 2.26 bits per heavy atom. The summed E-state index contributed by atoms with van der Waals surface area (Å²) < 4.78 is 16.8. The number of likely N-dealkylation sites (tertiary alicyclic amines) is 1. The van der Waals surface area contributed by atoms with Crippen molar-refractivity contribution in [2.24, 2.45) is 11.8 Å². The van der Waals surface area contributed by atoms with Gasteiger partial charge in [-0.25, -0.2) is 9.69 Å². The molecule has 4 rings (SSSR count). The molecule has 2 fully saturated rings. The number of carbonyl (C=O) groups excluding carboxylic acids is 4. The zero-order valence-electron chi connectivity index (χ0n) is 22.7. The van der Waals surface area contributed by atoms with Gasteiger partial charge in [0.25, 0.3) is 0 Å². The Morgan fingerprint density at radius 2 is 1.64 bits per heavy atom. The first-order valence-corrected chi connectivity index (χ1v) is 13.4. The van der Waals surface area contributed by atoms with Crippen molar-refractivity contribution in [1.82, 2.24) is 9.80 Å². The van der Waals surface area contributed by atoms with Crippen LogP contribution < -0.4 is 0 Å². The number of cyclic esters (lactones) is 1. The number of hydrogen-bond donors (Lipinski definition) is 0. The SMILES string of the molecule is CC(=O)O[C@H]1CC(=O)N(Cc2ccccc2)[C@@H]1[C@H](CCOCc1ccccc1)C(=O)N1C(=O)OC[C@@H]1C(C)C. The Labute approximate surface area is 229 Å². The third-order valence-electron chi connectivity index (χ3n) is 7.28. The Bertz CT molecular complexity index is 1150. The van der Waals surface area contributed by atoms with Gasteiger partial charge < -0.3 is 19.1 Å². The molecule has 39 heavy (non-hydrogen) atoms. The Kier molecular flexibility index (Phi) is 9.35. The highest BCUT2D eigenvalue weighted by Gasteiger charge is 2.52. The van der Waals surface area contributed by atoms with Crippen molar-refractivity contribution in [2.45, 2.75) is 65.0 Å². The van der Waals surface area contributed by atoms with E-state index in [4.69, 9.17) is 14.2 Å². The monoisotopic (exact) mass is 536 g/mol. The van der Waals surface area contributed by atoms with Gasteiger partial charge in [0.15, 0.2) is 0 Å². The maximum Gasteiger partial charge on any atom is 0.416 e. The van der Waals surface area contributed by atoms with Crippen LogP contribution in [0.15, 0.2) is 60.7 Å². The van der Waals surface area contributed by atoms with E-state index in [0.29, 0.717) is 6.61 Å². The fourth-order valence-electron chi connectivity index (χ4n) is 5.33. The zero-order chi connectivity index (χ0) is 27.9. The highest BCUT2D eigenvalue weighted by Crippen LogP contribution is 2.34. The minimum Gasteiger partial charge on any atom is -0.460 e. The average molecular weight is 537 g/mol. The number of imide groups is 1. The molecule has 0 N–H and O–H groups in total. The number of rotatable bonds is 11. The summed E-state index contributed by atoms with van der Waals surface area (Å²) in [5.74, 6) is -2.08. The number of carbonyl (C=O) groups is 4. The molecule has 0 spiro atoms.